The number of urea groups is 1. The van der Waals surface area contributed by atoms with Crippen molar-refractivity contribution in [2.75, 3.05) is 51.3 Å². The summed E-state index contributed by atoms with van der Waals surface area (Å²) in [7, 11) is 0. The Bertz CT molecular complexity index is 580. The van der Waals surface area contributed by atoms with Crippen molar-refractivity contribution in [2.24, 2.45) is 0 Å². The van der Waals surface area contributed by atoms with Crippen LogP contribution in [0.25, 0.3) is 0 Å². The predicted octanol–water partition coefficient (Wildman–Crippen LogP) is 2.04. The summed E-state index contributed by atoms with van der Waals surface area (Å²) >= 11 is 0. The minimum Gasteiger partial charge on any atom is -0.379 e. The summed E-state index contributed by atoms with van der Waals surface area (Å²) in [5, 5.41) is 11.2. The summed E-state index contributed by atoms with van der Waals surface area (Å²) < 4.78 is 31.7. The molecule has 0 radical (unpaired) electrons. The van der Waals surface area contributed by atoms with Gasteiger partial charge in [-0.25, -0.2) is 13.6 Å². The highest BCUT2D eigenvalue weighted by Crippen LogP contribution is 2.13. The molecule has 1 aliphatic rings. The van der Waals surface area contributed by atoms with E-state index in [9.17, 15) is 13.6 Å². The molecule has 0 bridgehead atoms. The normalized spacial score (nSPS) is 14.9. The van der Waals surface area contributed by atoms with Crippen molar-refractivity contribution in [3.05, 3.63) is 29.8 Å². The molecule has 1 saturated heterocycles. The van der Waals surface area contributed by atoms with Crippen molar-refractivity contribution in [3.63, 3.8) is 0 Å². The van der Waals surface area contributed by atoms with Crippen LogP contribution in [0.3, 0.4) is 0 Å². The third-order valence-corrected chi connectivity index (χ3v) is 3.68. The molecule has 1 heterocycles. The molecule has 24 heavy (non-hydrogen) atoms. The topological polar surface area (TPSA) is 68.6 Å². The summed E-state index contributed by atoms with van der Waals surface area (Å²) in [6.07, 6.45) is 0.189. The third-order valence-electron chi connectivity index (χ3n) is 3.68. The maximum absolute atomic E-state index is 13.2. The van der Waals surface area contributed by atoms with Crippen molar-refractivity contribution in [2.45, 2.75) is 6.42 Å². The average Bonchev–Trinajstić information content (AvgIpc) is 2.54. The van der Waals surface area contributed by atoms with Crippen molar-refractivity contribution in [1.29, 1.82) is 5.26 Å². The zero-order valence-corrected chi connectivity index (χ0v) is 13.3. The van der Waals surface area contributed by atoms with Crippen LogP contribution in [-0.4, -0.2) is 61.8 Å². The van der Waals surface area contributed by atoms with Crippen molar-refractivity contribution < 1.29 is 18.3 Å². The van der Waals surface area contributed by atoms with Gasteiger partial charge in [0.05, 0.1) is 25.7 Å². The van der Waals surface area contributed by atoms with Crippen LogP contribution in [0.4, 0.5) is 19.3 Å². The second-order valence-electron chi connectivity index (χ2n) is 5.44. The number of nitriles is 1. The molecule has 0 saturated carbocycles. The molecular formula is C16H20F2N4O2. The Morgan fingerprint density at radius 1 is 1.25 bits per heavy atom. The number of rotatable bonds is 6. The highest BCUT2D eigenvalue weighted by Gasteiger charge is 2.17. The minimum atomic E-state index is -0.762. The van der Waals surface area contributed by atoms with E-state index in [2.05, 4.69) is 10.2 Å². The lowest BCUT2D eigenvalue weighted by molar-refractivity contribution is 0.0352. The van der Waals surface area contributed by atoms with Crippen LogP contribution in [0, 0.1) is 23.0 Å². The number of nitrogens with zero attached hydrogens (tertiary/aromatic N) is 3. The SMILES string of the molecule is N#CCCN(CCN1CCOCC1)C(=O)Nc1cc(F)cc(F)c1. The summed E-state index contributed by atoms with van der Waals surface area (Å²) in [6.45, 7) is 4.24. The first-order chi connectivity index (χ1) is 11.6. The van der Waals surface area contributed by atoms with Gasteiger partial charge in [-0.3, -0.25) is 4.90 Å². The molecule has 1 aromatic carbocycles. The molecule has 2 amide bonds. The number of hydrogen-bond acceptors (Lipinski definition) is 4. The Hall–Kier alpha value is -2.24. The van der Waals surface area contributed by atoms with E-state index in [1.165, 1.54) is 4.90 Å². The van der Waals surface area contributed by atoms with Crippen LogP contribution in [0.5, 0.6) is 0 Å². The van der Waals surface area contributed by atoms with Gasteiger partial charge in [0.1, 0.15) is 11.6 Å². The number of morpholine rings is 1. The van der Waals surface area contributed by atoms with Gasteiger partial charge in [-0.15, -0.1) is 0 Å². The predicted molar refractivity (Wildman–Crippen MR) is 84.4 cm³/mol. The molecular weight excluding hydrogens is 318 g/mol. The monoisotopic (exact) mass is 338 g/mol. The van der Waals surface area contributed by atoms with Gasteiger partial charge in [0.25, 0.3) is 0 Å². The average molecular weight is 338 g/mol. The number of anilines is 1. The molecule has 0 aliphatic carbocycles. The number of amides is 2. The van der Waals surface area contributed by atoms with Gasteiger partial charge in [-0.2, -0.15) is 5.26 Å². The maximum atomic E-state index is 13.2. The van der Waals surface area contributed by atoms with E-state index in [-0.39, 0.29) is 18.7 Å². The van der Waals surface area contributed by atoms with Gasteiger partial charge in [-0.1, -0.05) is 0 Å². The number of carbonyl (C=O) groups is 1. The molecule has 1 aromatic rings. The van der Waals surface area contributed by atoms with E-state index in [1.807, 2.05) is 6.07 Å². The molecule has 0 unspecified atom stereocenters. The van der Waals surface area contributed by atoms with Gasteiger partial charge in [0.2, 0.25) is 0 Å². The molecule has 1 aliphatic heterocycles. The standard InChI is InChI=1S/C16H20F2N4O2/c17-13-10-14(18)12-15(11-13)20-16(23)22(3-1-2-19)5-4-21-6-8-24-9-7-21/h10-12H,1,3-9H2,(H,20,23). The largest absolute Gasteiger partial charge is 0.379 e. The van der Waals surface area contributed by atoms with E-state index < -0.39 is 17.7 Å². The highest BCUT2D eigenvalue weighted by atomic mass is 19.1. The number of benzene rings is 1. The van der Waals surface area contributed by atoms with E-state index >= 15 is 0 Å². The van der Waals surface area contributed by atoms with Crippen LogP contribution in [0.2, 0.25) is 0 Å². The van der Waals surface area contributed by atoms with Gasteiger partial charge in [0, 0.05) is 44.5 Å². The molecule has 1 N–H and O–H groups in total. The zero-order chi connectivity index (χ0) is 17.4. The zero-order valence-electron chi connectivity index (χ0n) is 13.3. The molecule has 1 fully saturated rings. The molecule has 2 rings (SSSR count). The lowest BCUT2D eigenvalue weighted by Gasteiger charge is -2.29. The lowest BCUT2D eigenvalue weighted by Crippen LogP contribution is -2.44. The van der Waals surface area contributed by atoms with Crippen LogP contribution in [-0.2, 0) is 4.74 Å². The molecule has 8 heteroatoms. The van der Waals surface area contributed by atoms with E-state index in [1.54, 1.807) is 0 Å². The Morgan fingerprint density at radius 2 is 1.92 bits per heavy atom. The van der Waals surface area contributed by atoms with Crippen molar-refractivity contribution >= 4 is 11.7 Å². The van der Waals surface area contributed by atoms with Crippen LogP contribution >= 0.6 is 0 Å². The summed E-state index contributed by atoms with van der Waals surface area (Å²) in [6, 6.07) is 4.35. The Balaban J connectivity index is 1.94. The summed E-state index contributed by atoms with van der Waals surface area (Å²) in [5.74, 6) is -1.52. The second-order valence-corrected chi connectivity index (χ2v) is 5.44. The maximum Gasteiger partial charge on any atom is 0.321 e. The number of hydrogen-bond donors (Lipinski definition) is 1. The number of nitrogens with one attached hydrogen (secondary N) is 1. The fourth-order valence-corrected chi connectivity index (χ4v) is 2.42. The highest BCUT2D eigenvalue weighted by molar-refractivity contribution is 5.89. The molecule has 0 aromatic heterocycles. The van der Waals surface area contributed by atoms with Crippen LogP contribution in [0.15, 0.2) is 18.2 Å². The van der Waals surface area contributed by atoms with Gasteiger partial charge >= 0.3 is 6.03 Å². The quantitative estimate of drug-likeness (QED) is 0.862. The Labute approximate surface area is 139 Å². The summed E-state index contributed by atoms with van der Waals surface area (Å²) in [5.41, 5.74) is 0.0471. The summed E-state index contributed by atoms with van der Waals surface area (Å²) in [4.78, 5) is 16.0. The number of halogens is 2. The molecule has 0 atom stereocenters. The van der Waals surface area contributed by atoms with Crippen LogP contribution < -0.4 is 5.32 Å². The van der Waals surface area contributed by atoms with Gasteiger partial charge in [-0.05, 0) is 12.1 Å². The van der Waals surface area contributed by atoms with E-state index in [0.717, 1.165) is 31.3 Å². The van der Waals surface area contributed by atoms with Crippen molar-refractivity contribution in [3.8, 4) is 6.07 Å². The van der Waals surface area contributed by atoms with Gasteiger partial charge < -0.3 is 15.0 Å². The Morgan fingerprint density at radius 3 is 2.54 bits per heavy atom. The molecule has 0 spiro atoms. The second kappa shape index (κ2) is 9.15. The fourth-order valence-electron chi connectivity index (χ4n) is 2.42. The first-order valence-electron chi connectivity index (χ1n) is 7.77. The number of carbonyl (C=O) groups excluding carboxylic acids is 1. The van der Waals surface area contributed by atoms with E-state index in [0.29, 0.717) is 26.3 Å². The lowest BCUT2D eigenvalue weighted by atomic mass is 10.3. The first-order valence-corrected chi connectivity index (χ1v) is 7.77. The van der Waals surface area contributed by atoms with Crippen LogP contribution in [0.1, 0.15) is 6.42 Å². The third kappa shape index (κ3) is 5.76. The minimum absolute atomic E-state index is 0.0471. The van der Waals surface area contributed by atoms with Crippen molar-refractivity contribution in [1.82, 2.24) is 9.80 Å². The molecule has 6 nitrogen and oxygen atoms in total. The fraction of sp³-hybridized carbons (Fsp3) is 0.500. The first kappa shape index (κ1) is 18.1. The number of ether oxygens (including phenoxy) is 1. The smallest absolute Gasteiger partial charge is 0.321 e. The van der Waals surface area contributed by atoms with E-state index in [4.69, 9.17) is 10.00 Å². The molecule has 130 valence electrons. The Kier molecular flexibility index (Phi) is 6.90. The van der Waals surface area contributed by atoms with Gasteiger partial charge in [0.15, 0.2) is 0 Å².